The summed E-state index contributed by atoms with van der Waals surface area (Å²) in [7, 11) is 1.61. The van der Waals surface area contributed by atoms with E-state index in [0.717, 1.165) is 40.7 Å². The first-order valence-corrected chi connectivity index (χ1v) is 10.3. The molecular weight excluding hydrogens is 416 g/mol. The van der Waals surface area contributed by atoms with Gasteiger partial charge in [-0.3, -0.25) is 14.5 Å². The van der Waals surface area contributed by atoms with Gasteiger partial charge in [0.1, 0.15) is 11.4 Å². The molecule has 5 rings (SSSR count). The number of allylic oxidation sites excluding steroid dienone is 1. The van der Waals surface area contributed by atoms with Crippen molar-refractivity contribution in [1.29, 1.82) is 0 Å². The van der Waals surface area contributed by atoms with Gasteiger partial charge in [-0.15, -0.1) is 0 Å². The highest BCUT2D eigenvalue weighted by Gasteiger charge is 2.18. The fraction of sp³-hybridized carbons (Fsp3) is 0.174. The van der Waals surface area contributed by atoms with E-state index in [9.17, 15) is 4.79 Å². The van der Waals surface area contributed by atoms with Gasteiger partial charge in [0.25, 0.3) is 0 Å². The molecular formula is C23H19ClN4O3. The second kappa shape index (κ2) is 7.92. The van der Waals surface area contributed by atoms with E-state index in [4.69, 9.17) is 21.3 Å². The van der Waals surface area contributed by atoms with E-state index in [1.807, 2.05) is 36.4 Å². The SMILES string of the molecule is COc1cc2cc(-c3ccccc3)n(CC3=NC(c4noc(=O)[nH]4)=CCC3)c2cc1Cl. The Hall–Kier alpha value is -3.58. The molecule has 0 atom stereocenters. The number of hydrogen-bond donors (Lipinski definition) is 1. The van der Waals surface area contributed by atoms with Crippen molar-refractivity contribution in [3.63, 3.8) is 0 Å². The third kappa shape index (κ3) is 3.68. The number of aliphatic imine (C=N–C) groups is 1. The zero-order valence-electron chi connectivity index (χ0n) is 16.8. The minimum Gasteiger partial charge on any atom is -0.495 e. The van der Waals surface area contributed by atoms with Crippen molar-refractivity contribution in [1.82, 2.24) is 14.7 Å². The fourth-order valence-corrected chi connectivity index (χ4v) is 4.11. The van der Waals surface area contributed by atoms with Crippen LogP contribution in [-0.2, 0) is 6.54 Å². The average molecular weight is 435 g/mol. The van der Waals surface area contributed by atoms with Crippen molar-refractivity contribution in [2.24, 2.45) is 4.99 Å². The molecule has 1 aliphatic heterocycles. The van der Waals surface area contributed by atoms with Gasteiger partial charge in [-0.05, 0) is 36.6 Å². The summed E-state index contributed by atoms with van der Waals surface area (Å²) in [6, 6.07) is 16.2. The van der Waals surface area contributed by atoms with Gasteiger partial charge in [-0.1, -0.05) is 53.2 Å². The number of methoxy groups -OCH3 is 1. The van der Waals surface area contributed by atoms with E-state index >= 15 is 0 Å². The summed E-state index contributed by atoms with van der Waals surface area (Å²) < 4.78 is 12.2. The third-order valence-corrected chi connectivity index (χ3v) is 5.61. The Balaban J connectivity index is 1.61. The quantitative estimate of drug-likeness (QED) is 0.483. The molecule has 156 valence electrons. The summed E-state index contributed by atoms with van der Waals surface area (Å²) in [5.41, 5.74) is 4.75. The fourth-order valence-electron chi connectivity index (χ4n) is 3.87. The van der Waals surface area contributed by atoms with Gasteiger partial charge < -0.3 is 9.30 Å². The Morgan fingerprint density at radius 3 is 2.81 bits per heavy atom. The molecule has 2 aromatic heterocycles. The van der Waals surface area contributed by atoms with Gasteiger partial charge in [0.05, 0.1) is 24.2 Å². The van der Waals surface area contributed by atoms with Gasteiger partial charge in [-0.25, -0.2) is 4.79 Å². The molecule has 1 aliphatic rings. The first-order chi connectivity index (χ1) is 15.1. The van der Waals surface area contributed by atoms with Gasteiger partial charge in [0, 0.05) is 16.8 Å². The predicted octanol–water partition coefficient (Wildman–Crippen LogP) is 4.92. The van der Waals surface area contributed by atoms with E-state index in [1.54, 1.807) is 7.11 Å². The molecule has 8 heteroatoms. The smallest absolute Gasteiger partial charge is 0.439 e. The molecule has 0 fully saturated rings. The minimum absolute atomic E-state index is 0.343. The molecule has 0 aliphatic carbocycles. The summed E-state index contributed by atoms with van der Waals surface area (Å²) in [4.78, 5) is 18.6. The maximum Gasteiger partial charge on any atom is 0.439 e. The van der Waals surface area contributed by atoms with Crippen LogP contribution in [-0.4, -0.2) is 27.5 Å². The highest BCUT2D eigenvalue weighted by molar-refractivity contribution is 6.32. The second-order valence-corrected chi connectivity index (χ2v) is 7.68. The predicted molar refractivity (Wildman–Crippen MR) is 121 cm³/mol. The molecule has 7 nitrogen and oxygen atoms in total. The molecule has 4 aromatic rings. The lowest BCUT2D eigenvalue weighted by Crippen LogP contribution is -2.13. The third-order valence-electron chi connectivity index (χ3n) is 5.32. The average Bonchev–Trinajstić information content (AvgIpc) is 3.38. The van der Waals surface area contributed by atoms with Crippen LogP contribution in [0.15, 0.2) is 68.9 Å². The molecule has 0 unspecified atom stereocenters. The summed E-state index contributed by atoms with van der Waals surface area (Å²) >= 11 is 6.45. The van der Waals surface area contributed by atoms with Crippen LogP contribution in [0, 0.1) is 0 Å². The van der Waals surface area contributed by atoms with Crippen LogP contribution in [0.25, 0.3) is 27.9 Å². The maximum absolute atomic E-state index is 11.3. The van der Waals surface area contributed by atoms with Crippen LogP contribution in [0.2, 0.25) is 5.02 Å². The Morgan fingerprint density at radius 1 is 1.23 bits per heavy atom. The van der Waals surface area contributed by atoms with Crippen LogP contribution in [0.5, 0.6) is 5.75 Å². The first-order valence-electron chi connectivity index (χ1n) is 9.87. The number of aromatic nitrogens is 3. The van der Waals surface area contributed by atoms with Crippen molar-refractivity contribution in [3.8, 4) is 17.0 Å². The van der Waals surface area contributed by atoms with E-state index in [-0.39, 0.29) is 0 Å². The lowest BCUT2D eigenvalue weighted by atomic mass is 10.1. The summed E-state index contributed by atoms with van der Waals surface area (Å²) in [5, 5.41) is 5.35. The number of ether oxygens (including phenoxy) is 1. The normalized spacial score (nSPS) is 13.9. The number of H-pyrrole nitrogens is 1. The molecule has 3 heterocycles. The molecule has 31 heavy (non-hydrogen) atoms. The first kappa shape index (κ1) is 19.4. The molecule has 0 bridgehead atoms. The highest BCUT2D eigenvalue weighted by Crippen LogP contribution is 2.35. The van der Waals surface area contributed by atoms with E-state index < -0.39 is 5.76 Å². The Bertz CT molecular complexity index is 1380. The highest BCUT2D eigenvalue weighted by atomic mass is 35.5. The van der Waals surface area contributed by atoms with Crippen LogP contribution >= 0.6 is 11.6 Å². The number of rotatable bonds is 5. The maximum atomic E-state index is 11.3. The van der Waals surface area contributed by atoms with E-state index in [2.05, 4.69) is 37.4 Å². The number of halogens is 1. The van der Waals surface area contributed by atoms with Crippen molar-refractivity contribution in [2.75, 3.05) is 7.11 Å². The van der Waals surface area contributed by atoms with Crippen molar-refractivity contribution >= 4 is 33.9 Å². The number of nitrogens with one attached hydrogen (secondary N) is 1. The largest absolute Gasteiger partial charge is 0.495 e. The Labute approximate surface area is 182 Å². The van der Waals surface area contributed by atoms with Gasteiger partial charge in [-0.2, -0.15) is 0 Å². The van der Waals surface area contributed by atoms with E-state index in [0.29, 0.717) is 28.8 Å². The zero-order chi connectivity index (χ0) is 21.4. The molecule has 1 N–H and O–H groups in total. The standard InChI is InChI=1S/C23H19ClN4O3/c1-30-21-11-15-10-19(14-6-3-2-4-7-14)28(20(15)12-17(21)24)13-16-8-5-9-18(25-16)22-26-23(29)31-27-22/h2-4,6-7,9-12H,5,8,13H2,1H3,(H,26,27,29). The molecule has 0 amide bonds. The molecule has 2 aromatic carbocycles. The number of benzene rings is 2. The minimum atomic E-state index is -0.593. The van der Waals surface area contributed by atoms with Crippen LogP contribution in [0.1, 0.15) is 18.7 Å². The summed E-state index contributed by atoms with van der Waals surface area (Å²) in [5.74, 6) is 0.390. The molecule has 0 saturated heterocycles. The number of nitrogens with zero attached hydrogens (tertiary/aromatic N) is 3. The Kier molecular flexibility index (Phi) is 4.95. The number of aromatic amines is 1. The van der Waals surface area contributed by atoms with Crippen molar-refractivity contribution in [3.05, 3.63) is 76.0 Å². The van der Waals surface area contributed by atoms with Gasteiger partial charge in [0.2, 0.25) is 5.82 Å². The number of hydrogen-bond acceptors (Lipinski definition) is 5. The van der Waals surface area contributed by atoms with E-state index in [1.165, 1.54) is 0 Å². The van der Waals surface area contributed by atoms with Crippen molar-refractivity contribution in [2.45, 2.75) is 19.4 Å². The molecule has 0 saturated carbocycles. The zero-order valence-corrected chi connectivity index (χ0v) is 17.5. The lowest BCUT2D eigenvalue weighted by Gasteiger charge is -2.16. The lowest BCUT2D eigenvalue weighted by molar-refractivity contribution is 0.385. The van der Waals surface area contributed by atoms with Crippen LogP contribution < -0.4 is 10.5 Å². The number of fused-ring (bicyclic) bond motifs is 1. The van der Waals surface area contributed by atoms with Gasteiger partial charge in [0.15, 0.2) is 0 Å². The molecule has 0 radical (unpaired) electrons. The second-order valence-electron chi connectivity index (χ2n) is 7.28. The van der Waals surface area contributed by atoms with Crippen LogP contribution in [0.3, 0.4) is 0 Å². The summed E-state index contributed by atoms with van der Waals surface area (Å²) in [6.07, 6.45) is 3.56. The van der Waals surface area contributed by atoms with Gasteiger partial charge >= 0.3 is 5.76 Å². The Morgan fingerprint density at radius 2 is 2.06 bits per heavy atom. The summed E-state index contributed by atoms with van der Waals surface area (Å²) in [6.45, 7) is 0.579. The van der Waals surface area contributed by atoms with Crippen molar-refractivity contribution < 1.29 is 9.26 Å². The molecule has 0 spiro atoms. The monoisotopic (exact) mass is 434 g/mol. The topological polar surface area (TPSA) is 85.4 Å². The van der Waals surface area contributed by atoms with Crippen LogP contribution in [0.4, 0.5) is 0 Å².